The molecule has 1 amide bonds. The van der Waals surface area contributed by atoms with Crippen LogP contribution in [0.15, 0.2) is 78.6 Å². The van der Waals surface area contributed by atoms with Crippen LogP contribution in [-0.2, 0) is 16.0 Å². The van der Waals surface area contributed by atoms with E-state index in [0.717, 1.165) is 5.56 Å². The van der Waals surface area contributed by atoms with E-state index in [0.29, 0.717) is 35.6 Å². The number of carbonyl (C=O) groups is 2. The molecule has 1 aliphatic heterocycles. The number of methoxy groups -OCH3 is 2. The van der Waals surface area contributed by atoms with E-state index in [-0.39, 0.29) is 11.3 Å². The molecule has 7 nitrogen and oxygen atoms in total. The Morgan fingerprint density at radius 2 is 1.67 bits per heavy atom. The SMILES string of the molecule is COc1ccc(C2/C(=C(\O)c3ccncc3)C(=O)C(=O)N2CCc2ccccc2)cc1OC. The number of likely N-dealkylation sites (tertiary alicyclic amines) is 1. The maximum absolute atomic E-state index is 13.1. The average molecular weight is 444 g/mol. The van der Waals surface area contributed by atoms with Crippen molar-refractivity contribution in [3.05, 3.63) is 95.3 Å². The van der Waals surface area contributed by atoms with Gasteiger partial charge >= 0.3 is 0 Å². The molecule has 0 spiro atoms. The molecule has 0 aliphatic carbocycles. The monoisotopic (exact) mass is 444 g/mol. The molecule has 0 bridgehead atoms. The highest BCUT2D eigenvalue weighted by Gasteiger charge is 2.46. The standard InChI is InChI=1S/C26H24N2O5/c1-32-20-9-8-19(16-21(20)33-2)23-22(24(29)18-10-13-27-14-11-18)25(30)26(31)28(23)15-12-17-6-4-3-5-7-17/h3-11,13-14,16,23,29H,12,15H2,1-2H3/b24-22+. The minimum atomic E-state index is -0.776. The summed E-state index contributed by atoms with van der Waals surface area (Å²) in [5, 5.41) is 11.1. The minimum Gasteiger partial charge on any atom is -0.507 e. The van der Waals surface area contributed by atoms with Crippen molar-refractivity contribution in [3.8, 4) is 11.5 Å². The summed E-state index contributed by atoms with van der Waals surface area (Å²) < 4.78 is 10.8. The summed E-state index contributed by atoms with van der Waals surface area (Å²) in [5.74, 6) is -0.625. The Kier molecular flexibility index (Phi) is 6.40. The van der Waals surface area contributed by atoms with E-state index in [9.17, 15) is 14.7 Å². The molecule has 168 valence electrons. The van der Waals surface area contributed by atoms with Gasteiger partial charge in [0, 0.05) is 24.5 Å². The van der Waals surface area contributed by atoms with Gasteiger partial charge in [-0.15, -0.1) is 0 Å². The Balaban J connectivity index is 1.82. The number of hydrogen-bond donors (Lipinski definition) is 1. The van der Waals surface area contributed by atoms with Crippen LogP contribution in [0.2, 0.25) is 0 Å². The van der Waals surface area contributed by atoms with Crippen molar-refractivity contribution in [2.24, 2.45) is 0 Å². The van der Waals surface area contributed by atoms with E-state index in [2.05, 4.69) is 4.98 Å². The van der Waals surface area contributed by atoms with E-state index in [1.54, 1.807) is 30.3 Å². The molecule has 0 saturated carbocycles. The average Bonchev–Trinajstić information content (AvgIpc) is 3.12. The summed E-state index contributed by atoms with van der Waals surface area (Å²) in [7, 11) is 3.05. The van der Waals surface area contributed by atoms with Gasteiger partial charge in [-0.1, -0.05) is 36.4 Å². The second-order valence-electron chi connectivity index (χ2n) is 7.58. The van der Waals surface area contributed by atoms with Gasteiger partial charge in [0.25, 0.3) is 11.7 Å². The molecule has 1 aliphatic rings. The molecule has 3 aromatic rings. The Morgan fingerprint density at radius 3 is 2.33 bits per heavy atom. The Hall–Kier alpha value is -4.13. The van der Waals surface area contributed by atoms with Gasteiger partial charge in [-0.3, -0.25) is 14.6 Å². The molecule has 2 aromatic carbocycles. The van der Waals surface area contributed by atoms with Crippen molar-refractivity contribution in [1.29, 1.82) is 0 Å². The van der Waals surface area contributed by atoms with Crippen LogP contribution in [0.1, 0.15) is 22.7 Å². The largest absolute Gasteiger partial charge is 0.507 e. The van der Waals surface area contributed by atoms with Gasteiger partial charge in [0.15, 0.2) is 11.5 Å². The maximum atomic E-state index is 13.1. The van der Waals surface area contributed by atoms with E-state index in [1.807, 2.05) is 30.3 Å². The van der Waals surface area contributed by atoms with Crippen molar-refractivity contribution in [1.82, 2.24) is 9.88 Å². The first-order chi connectivity index (χ1) is 16.0. The fourth-order valence-electron chi connectivity index (χ4n) is 4.04. The summed E-state index contributed by atoms with van der Waals surface area (Å²) in [6, 6.07) is 17.4. The number of Topliss-reactive ketones (excluding diaryl/α,β-unsaturated/α-hetero) is 1. The fraction of sp³-hybridized carbons (Fsp3) is 0.192. The van der Waals surface area contributed by atoms with Crippen molar-refractivity contribution in [2.75, 3.05) is 20.8 Å². The fourth-order valence-corrected chi connectivity index (χ4v) is 4.04. The first-order valence-corrected chi connectivity index (χ1v) is 10.5. The zero-order valence-electron chi connectivity index (χ0n) is 18.4. The van der Waals surface area contributed by atoms with Crippen LogP contribution >= 0.6 is 0 Å². The number of ketones is 1. The third-order valence-electron chi connectivity index (χ3n) is 5.70. The normalized spacial score (nSPS) is 17.3. The van der Waals surface area contributed by atoms with E-state index in [4.69, 9.17) is 9.47 Å². The number of hydrogen-bond acceptors (Lipinski definition) is 6. The van der Waals surface area contributed by atoms with Gasteiger partial charge in [0.2, 0.25) is 0 Å². The number of amides is 1. The molecule has 7 heteroatoms. The predicted molar refractivity (Wildman–Crippen MR) is 123 cm³/mol. The molecule has 1 saturated heterocycles. The molecular formula is C26H24N2O5. The lowest BCUT2D eigenvalue weighted by atomic mass is 9.95. The van der Waals surface area contributed by atoms with Crippen molar-refractivity contribution in [3.63, 3.8) is 0 Å². The third-order valence-corrected chi connectivity index (χ3v) is 5.70. The Morgan fingerprint density at radius 1 is 0.970 bits per heavy atom. The quantitative estimate of drug-likeness (QED) is 0.339. The second kappa shape index (κ2) is 9.56. The molecule has 1 atom stereocenters. The van der Waals surface area contributed by atoms with Gasteiger partial charge in [0.05, 0.1) is 25.8 Å². The number of carbonyl (C=O) groups excluding carboxylic acids is 2. The van der Waals surface area contributed by atoms with Crippen molar-refractivity contribution >= 4 is 17.4 Å². The van der Waals surface area contributed by atoms with Crippen LogP contribution in [0.5, 0.6) is 11.5 Å². The third kappa shape index (κ3) is 4.30. The molecule has 1 N–H and O–H groups in total. The molecule has 4 rings (SSSR count). The van der Waals surface area contributed by atoms with Crippen LogP contribution in [0.25, 0.3) is 5.76 Å². The van der Waals surface area contributed by atoms with Gasteiger partial charge < -0.3 is 19.5 Å². The van der Waals surface area contributed by atoms with E-state index in [1.165, 1.54) is 31.5 Å². The van der Waals surface area contributed by atoms with Crippen LogP contribution < -0.4 is 9.47 Å². The molecule has 0 radical (unpaired) electrons. The smallest absolute Gasteiger partial charge is 0.295 e. The summed E-state index contributed by atoms with van der Waals surface area (Å²) in [6.45, 7) is 0.306. The predicted octanol–water partition coefficient (Wildman–Crippen LogP) is 3.76. The maximum Gasteiger partial charge on any atom is 0.295 e. The minimum absolute atomic E-state index is 0.0338. The van der Waals surface area contributed by atoms with Gasteiger partial charge in [-0.25, -0.2) is 0 Å². The number of aliphatic hydroxyl groups is 1. The summed E-state index contributed by atoms with van der Waals surface area (Å²) >= 11 is 0. The number of benzene rings is 2. The number of aromatic nitrogens is 1. The lowest BCUT2D eigenvalue weighted by Crippen LogP contribution is -2.31. The molecule has 33 heavy (non-hydrogen) atoms. The highest BCUT2D eigenvalue weighted by Crippen LogP contribution is 2.41. The van der Waals surface area contributed by atoms with Crippen molar-refractivity contribution < 1.29 is 24.2 Å². The molecule has 1 aromatic heterocycles. The number of pyridine rings is 1. The first-order valence-electron chi connectivity index (χ1n) is 10.5. The lowest BCUT2D eigenvalue weighted by Gasteiger charge is -2.26. The molecular weight excluding hydrogens is 420 g/mol. The lowest BCUT2D eigenvalue weighted by molar-refractivity contribution is -0.139. The van der Waals surface area contributed by atoms with Crippen LogP contribution in [-0.4, -0.2) is 47.4 Å². The number of rotatable bonds is 7. The first kappa shape index (κ1) is 22.1. The van der Waals surface area contributed by atoms with Crippen molar-refractivity contribution in [2.45, 2.75) is 12.5 Å². The van der Waals surface area contributed by atoms with E-state index >= 15 is 0 Å². The zero-order valence-corrected chi connectivity index (χ0v) is 18.4. The van der Waals surface area contributed by atoms with E-state index < -0.39 is 17.7 Å². The number of nitrogens with zero attached hydrogens (tertiary/aromatic N) is 2. The summed E-state index contributed by atoms with van der Waals surface area (Å²) in [4.78, 5) is 31.7. The molecule has 2 heterocycles. The van der Waals surface area contributed by atoms with Crippen LogP contribution in [0.3, 0.4) is 0 Å². The topological polar surface area (TPSA) is 89.0 Å². The Bertz CT molecular complexity index is 1190. The van der Waals surface area contributed by atoms with Crippen LogP contribution in [0, 0.1) is 0 Å². The Labute approximate surface area is 191 Å². The summed E-state index contributed by atoms with van der Waals surface area (Å²) in [5.41, 5.74) is 2.12. The highest BCUT2D eigenvalue weighted by atomic mass is 16.5. The molecule has 1 unspecified atom stereocenters. The number of aliphatic hydroxyl groups excluding tert-OH is 1. The highest BCUT2D eigenvalue weighted by molar-refractivity contribution is 6.46. The molecule has 1 fully saturated rings. The zero-order chi connectivity index (χ0) is 23.4. The van der Waals surface area contributed by atoms with Gasteiger partial charge in [-0.05, 0) is 41.8 Å². The summed E-state index contributed by atoms with van der Waals surface area (Å²) in [6.07, 6.45) is 3.60. The van der Waals surface area contributed by atoms with Gasteiger partial charge in [-0.2, -0.15) is 0 Å². The van der Waals surface area contributed by atoms with Gasteiger partial charge in [0.1, 0.15) is 5.76 Å². The number of ether oxygens (including phenoxy) is 2. The van der Waals surface area contributed by atoms with Crippen LogP contribution in [0.4, 0.5) is 0 Å². The second-order valence-corrected chi connectivity index (χ2v) is 7.58.